The summed E-state index contributed by atoms with van der Waals surface area (Å²) in [5.74, 6) is 1.48. The summed E-state index contributed by atoms with van der Waals surface area (Å²) in [7, 11) is -3.63. The Kier molecular flexibility index (Phi) is 8.75. The van der Waals surface area contributed by atoms with E-state index in [0.717, 1.165) is 11.3 Å². The Labute approximate surface area is 188 Å². The zero-order valence-corrected chi connectivity index (χ0v) is 19.0. The van der Waals surface area contributed by atoms with Gasteiger partial charge in [0.05, 0.1) is 4.90 Å². The molecule has 0 atom stereocenters. The van der Waals surface area contributed by atoms with Crippen molar-refractivity contribution in [2.24, 2.45) is 0 Å². The van der Waals surface area contributed by atoms with Crippen LogP contribution in [0.5, 0.6) is 17.2 Å². The zero-order chi connectivity index (χ0) is 22.8. The average molecular weight is 464 g/mol. The second-order valence-electron chi connectivity index (χ2n) is 7.35. The number of nitrogens with one attached hydrogen (secondary N) is 1. The quantitative estimate of drug-likeness (QED) is 0.381. The van der Waals surface area contributed by atoms with Gasteiger partial charge in [-0.1, -0.05) is 24.6 Å². The third kappa shape index (κ3) is 7.13. The number of rotatable bonds is 12. The molecule has 1 N–H and O–H groups in total. The number of ether oxygens (including phenoxy) is 4. The molecule has 0 bridgehead atoms. The number of esters is 1. The van der Waals surface area contributed by atoms with Crippen molar-refractivity contribution < 1.29 is 32.2 Å². The number of hydrogen-bond donors (Lipinski definition) is 1. The van der Waals surface area contributed by atoms with Gasteiger partial charge < -0.3 is 18.9 Å². The van der Waals surface area contributed by atoms with E-state index in [4.69, 9.17) is 18.9 Å². The smallest absolute Gasteiger partial charge is 0.305 e. The van der Waals surface area contributed by atoms with Gasteiger partial charge in [0, 0.05) is 19.0 Å². The molecule has 0 amide bonds. The summed E-state index contributed by atoms with van der Waals surface area (Å²) < 4.78 is 49.0. The first-order valence-corrected chi connectivity index (χ1v) is 12.2. The number of unbranched alkanes of at least 4 members (excludes halogenated alkanes) is 2. The Bertz CT molecular complexity index is 1010. The lowest BCUT2D eigenvalue weighted by Crippen LogP contribution is -2.25. The zero-order valence-electron chi connectivity index (χ0n) is 18.2. The Morgan fingerprint density at radius 1 is 1.00 bits per heavy atom. The molecule has 0 aromatic heterocycles. The van der Waals surface area contributed by atoms with Crippen LogP contribution in [0, 0.1) is 6.92 Å². The topological polar surface area (TPSA) is 100 Å². The number of carbonyl (C=O) groups is 1. The van der Waals surface area contributed by atoms with Gasteiger partial charge in [-0.3, -0.25) is 4.79 Å². The molecule has 3 rings (SSSR count). The van der Waals surface area contributed by atoms with E-state index in [2.05, 4.69) is 4.72 Å². The maximum absolute atomic E-state index is 12.4. The van der Waals surface area contributed by atoms with Crippen LogP contribution < -0.4 is 18.9 Å². The Balaban J connectivity index is 1.27. The molecule has 0 spiro atoms. The lowest BCUT2D eigenvalue weighted by Gasteiger charge is -2.18. The molecular formula is C23H29NO7S. The second-order valence-corrected chi connectivity index (χ2v) is 9.12. The first-order chi connectivity index (χ1) is 15.5. The van der Waals surface area contributed by atoms with E-state index < -0.39 is 10.0 Å². The average Bonchev–Trinajstić information content (AvgIpc) is 2.79. The van der Waals surface area contributed by atoms with Crippen LogP contribution in [0.2, 0.25) is 0 Å². The van der Waals surface area contributed by atoms with Crippen molar-refractivity contribution in [2.75, 3.05) is 33.0 Å². The summed E-state index contributed by atoms with van der Waals surface area (Å²) in [4.78, 5) is 11.9. The van der Waals surface area contributed by atoms with Gasteiger partial charge in [0.2, 0.25) is 10.0 Å². The van der Waals surface area contributed by atoms with E-state index in [0.29, 0.717) is 57.0 Å². The lowest BCUT2D eigenvalue weighted by molar-refractivity contribution is -0.144. The molecular weight excluding hydrogens is 434 g/mol. The fourth-order valence-electron chi connectivity index (χ4n) is 3.15. The SMILES string of the molecule is Cc1ccccc1OCCOC(=O)CCCCCNS(=O)(=O)c1ccc2c(c1)OCCO2. The van der Waals surface area contributed by atoms with Gasteiger partial charge in [-0.15, -0.1) is 0 Å². The van der Waals surface area contributed by atoms with Crippen molar-refractivity contribution in [3.63, 3.8) is 0 Å². The number of benzene rings is 2. The monoisotopic (exact) mass is 463 g/mol. The Morgan fingerprint density at radius 2 is 1.78 bits per heavy atom. The molecule has 1 heterocycles. The van der Waals surface area contributed by atoms with Crippen molar-refractivity contribution in [3.05, 3.63) is 48.0 Å². The standard InChI is InChI=1S/C23H29NO7S/c1-18-7-4-5-8-20(18)28-15-16-31-23(25)9-3-2-6-12-24-32(26,27)19-10-11-21-22(17-19)30-14-13-29-21/h4-5,7-8,10-11,17,24H,2-3,6,9,12-16H2,1H3. The van der Waals surface area contributed by atoms with Crippen LogP contribution in [-0.2, 0) is 19.6 Å². The van der Waals surface area contributed by atoms with Gasteiger partial charge in [-0.2, -0.15) is 0 Å². The normalized spacial score (nSPS) is 12.9. The molecule has 0 fully saturated rings. The van der Waals surface area contributed by atoms with Crippen molar-refractivity contribution in [2.45, 2.75) is 37.5 Å². The third-order valence-corrected chi connectivity index (χ3v) is 6.33. The number of fused-ring (bicyclic) bond motifs is 1. The van der Waals surface area contributed by atoms with Crippen LogP contribution in [0.1, 0.15) is 31.2 Å². The highest BCUT2D eigenvalue weighted by atomic mass is 32.2. The van der Waals surface area contributed by atoms with Crippen LogP contribution in [0.15, 0.2) is 47.4 Å². The summed E-state index contributed by atoms with van der Waals surface area (Å²) in [5, 5.41) is 0. The minimum absolute atomic E-state index is 0.137. The minimum atomic E-state index is -3.63. The highest BCUT2D eigenvalue weighted by Crippen LogP contribution is 2.32. The van der Waals surface area contributed by atoms with Crippen LogP contribution in [0.3, 0.4) is 0 Å². The van der Waals surface area contributed by atoms with Crippen molar-refractivity contribution >= 4 is 16.0 Å². The Morgan fingerprint density at radius 3 is 2.59 bits per heavy atom. The lowest BCUT2D eigenvalue weighted by atomic mass is 10.2. The summed E-state index contributed by atoms with van der Waals surface area (Å²) in [6.45, 7) is 3.59. The number of sulfonamides is 1. The van der Waals surface area contributed by atoms with Crippen LogP contribution >= 0.6 is 0 Å². The van der Waals surface area contributed by atoms with E-state index in [1.807, 2.05) is 31.2 Å². The minimum Gasteiger partial charge on any atom is -0.490 e. The third-order valence-electron chi connectivity index (χ3n) is 4.87. The van der Waals surface area contributed by atoms with Gasteiger partial charge in [0.1, 0.15) is 32.2 Å². The first-order valence-electron chi connectivity index (χ1n) is 10.7. The number of hydrogen-bond acceptors (Lipinski definition) is 7. The fraction of sp³-hybridized carbons (Fsp3) is 0.435. The molecule has 2 aromatic rings. The summed E-state index contributed by atoms with van der Waals surface area (Å²) in [6.07, 6.45) is 2.24. The second kappa shape index (κ2) is 11.7. The summed E-state index contributed by atoms with van der Waals surface area (Å²) >= 11 is 0. The van der Waals surface area contributed by atoms with Crippen LogP contribution in [-0.4, -0.2) is 47.4 Å². The van der Waals surface area contributed by atoms with Crippen molar-refractivity contribution in [3.8, 4) is 17.2 Å². The molecule has 0 aliphatic carbocycles. The molecule has 9 heteroatoms. The van der Waals surface area contributed by atoms with Gasteiger partial charge in [-0.05, 0) is 43.5 Å². The molecule has 0 unspecified atom stereocenters. The molecule has 174 valence electrons. The maximum Gasteiger partial charge on any atom is 0.305 e. The predicted molar refractivity (Wildman–Crippen MR) is 119 cm³/mol. The van der Waals surface area contributed by atoms with E-state index >= 15 is 0 Å². The van der Waals surface area contributed by atoms with Gasteiger partial charge in [-0.25, -0.2) is 13.1 Å². The number of aryl methyl sites for hydroxylation is 1. The van der Waals surface area contributed by atoms with Crippen molar-refractivity contribution in [1.29, 1.82) is 0 Å². The molecule has 1 aliphatic heterocycles. The highest BCUT2D eigenvalue weighted by molar-refractivity contribution is 7.89. The van der Waals surface area contributed by atoms with E-state index in [1.165, 1.54) is 12.1 Å². The highest BCUT2D eigenvalue weighted by Gasteiger charge is 2.18. The molecule has 32 heavy (non-hydrogen) atoms. The maximum atomic E-state index is 12.4. The summed E-state index contributed by atoms with van der Waals surface area (Å²) in [6, 6.07) is 12.2. The van der Waals surface area contributed by atoms with Crippen LogP contribution in [0.25, 0.3) is 0 Å². The largest absolute Gasteiger partial charge is 0.490 e. The molecule has 0 saturated heterocycles. The Hall–Kier alpha value is -2.78. The van der Waals surface area contributed by atoms with Gasteiger partial charge in [0.25, 0.3) is 0 Å². The van der Waals surface area contributed by atoms with E-state index in [9.17, 15) is 13.2 Å². The predicted octanol–water partition coefficient (Wildman–Crippen LogP) is 3.23. The molecule has 2 aromatic carbocycles. The summed E-state index contributed by atoms with van der Waals surface area (Å²) in [5.41, 5.74) is 1.03. The fourth-order valence-corrected chi connectivity index (χ4v) is 4.24. The molecule has 0 radical (unpaired) electrons. The number of para-hydroxylation sites is 1. The van der Waals surface area contributed by atoms with E-state index in [1.54, 1.807) is 6.07 Å². The first kappa shape index (κ1) is 23.9. The molecule has 1 aliphatic rings. The van der Waals surface area contributed by atoms with E-state index in [-0.39, 0.29) is 24.0 Å². The molecule has 8 nitrogen and oxygen atoms in total. The van der Waals surface area contributed by atoms with Gasteiger partial charge >= 0.3 is 5.97 Å². The molecule has 0 saturated carbocycles. The number of carbonyl (C=O) groups excluding carboxylic acids is 1. The van der Waals surface area contributed by atoms with Crippen LogP contribution in [0.4, 0.5) is 0 Å². The van der Waals surface area contributed by atoms with Crippen molar-refractivity contribution in [1.82, 2.24) is 4.72 Å². The van der Waals surface area contributed by atoms with Gasteiger partial charge in [0.15, 0.2) is 11.5 Å².